The summed E-state index contributed by atoms with van der Waals surface area (Å²) in [6.45, 7) is 0. The minimum atomic E-state index is -0.421. The number of fused-ring (bicyclic) bond motifs is 12. The van der Waals surface area contributed by atoms with Gasteiger partial charge in [-0.2, -0.15) is 0 Å². The normalized spacial score (nSPS) is 13.5. The highest BCUT2D eigenvalue weighted by Gasteiger charge is 2.50. The average molecular weight is 681 g/mol. The Hall–Kier alpha value is -6.29. The summed E-state index contributed by atoms with van der Waals surface area (Å²) >= 11 is 1.91. The van der Waals surface area contributed by atoms with Crippen molar-refractivity contribution < 1.29 is 0 Å². The van der Waals surface area contributed by atoms with Crippen LogP contribution in [0.5, 0.6) is 0 Å². The molecule has 1 aliphatic heterocycles. The van der Waals surface area contributed by atoms with Crippen molar-refractivity contribution in [1.29, 1.82) is 0 Å². The molecule has 2 heterocycles. The van der Waals surface area contributed by atoms with Gasteiger partial charge in [-0.3, -0.25) is 0 Å². The zero-order valence-electron chi connectivity index (χ0n) is 28.3. The van der Waals surface area contributed by atoms with E-state index in [1.807, 2.05) is 11.8 Å². The van der Waals surface area contributed by atoms with Gasteiger partial charge < -0.3 is 9.47 Å². The lowest BCUT2D eigenvalue weighted by atomic mass is 9.67. The average Bonchev–Trinajstić information content (AvgIpc) is 3.69. The van der Waals surface area contributed by atoms with Gasteiger partial charge in [0.2, 0.25) is 0 Å². The van der Waals surface area contributed by atoms with E-state index in [1.54, 1.807) is 0 Å². The van der Waals surface area contributed by atoms with Crippen LogP contribution in [-0.4, -0.2) is 4.57 Å². The van der Waals surface area contributed by atoms with Crippen molar-refractivity contribution >= 4 is 50.6 Å². The van der Waals surface area contributed by atoms with Gasteiger partial charge >= 0.3 is 0 Å². The minimum absolute atomic E-state index is 0.421. The molecule has 2 aliphatic rings. The van der Waals surface area contributed by atoms with Crippen molar-refractivity contribution in [2.45, 2.75) is 15.2 Å². The van der Waals surface area contributed by atoms with E-state index in [4.69, 9.17) is 0 Å². The summed E-state index contributed by atoms with van der Waals surface area (Å²) in [5.41, 5.74) is 14.6. The first-order chi connectivity index (χ1) is 25.8. The number of anilines is 3. The third-order valence-electron chi connectivity index (χ3n) is 11.0. The summed E-state index contributed by atoms with van der Waals surface area (Å²) in [4.78, 5) is 4.96. The molecule has 1 aromatic heterocycles. The second-order valence-corrected chi connectivity index (χ2v) is 14.8. The van der Waals surface area contributed by atoms with Crippen LogP contribution in [0, 0.1) is 0 Å². The predicted octanol–water partition coefficient (Wildman–Crippen LogP) is 13.1. The van der Waals surface area contributed by atoms with Crippen LogP contribution >= 0.6 is 11.8 Å². The van der Waals surface area contributed by atoms with Crippen LogP contribution in [-0.2, 0) is 5.41 Å². The fourth-order valence-corrected chi connectivity index (χ4v) is 10.2. The monoisotopic (exact) mass is 680 g/mol. The molecule has 1 aliphatic carbocycles. The number of hydrogen-bond donors (Lipinski definition) is 0. The molecule has 0 fully saturated rings. The highest BCUT2D eigenvalue weighted by atomic mass is 32.2. The van der Waals surface area contributed by atoms with Gasteiger partial charge in [-0.25, -0.2) is 0 Å². The molecule has 0 saturated heterocycles. The fraction of sp³-hybridized carbons (Fsp3) is 0.0204. The summed E-state index contributed by atoms with van der Waals surface area (Å²) in [6, 6.07) is 71.3. The molecule has 0 atom stereocenters. The Morgan fingerprint density at radius 2 is 0.923 bits per heavy atom. The molecule has 9 aromatic rings. The van der Waals surface area contributed by atoms with E-state index in [2.05, 4.69) is 204 Å². The quantitative estimate of drug-likeness (QED) is 0.183. The van der Waals surface area contributed by atoms with Gasteiger partial charge in [0.05, 0.1) is 16.4 Å². The SMILES string of the molecule is c1ccc(N(c2ccccc2)c2ccc(-n3c4ccccc4c4cc5c(cc43)C3(c4ccccc4S5)c4ccccc4-c4ccccc43)cc2)cc1. The molecule has 2 nitrogen and oxygen atoms in total. The molecule has 0 N–H and O–H groups in total. The van der Waals surface area contributed by atoms with Gasteiger partial charge in [0.1, 0.15) is 0 Å². The zero-order valence-corrected chi connectivity index (χ0v) is 29.1. The topological polar surface area (TPSA) is 8.17 Å². The molecule has 0 bridgehead atoms. The molecule has 0 amide bonds. The first-order valence-corrected chi connectivity index (χ1v) is 18.7. The molecule has 0 saturated carbocycles. The summed E-state index contributed by atoms with van der Waals surface area (Å²) in [5, 5.41) is 2.54. The van der Waals surface area contributed by atoms with Crippen molar-refractivity contribution in [1.82, 2.24) is 4.57 Å². The Morgan fingerprint density at radius 3 is 1.60 bits per heavy atom. The van der Waals surface area contributed by atoms with Crippen LogP contribution in [0.2, 0.25) is 0 Å². The van der Waals surface area contributed by atoms with E-state index in [0.29, 0.717) is 0 Å². The lowest BCUT2D eigenvalue weighted by Gasteiger charge is -2.39. The number of para-hydroxylation sites is 3. The molecule has 52 heavy (non-hydrogen) atoms. The number of benzene rings is 8. The lowest BCUT2D eigenvalue weighted by Crippen LogP contribution is -2.32. The van der Waals surface area contributed by atoms with Gasteiger partial charge in [0, 0.05) is 43.3 Å². The molecule has 0 radical (unpaired) electrons. The van der Waals surface area contributed by atoms with Gasteiger partial charge in [0.15, 0.2) is 0 Å². The molecule has 11 rings (SSSR count). The van der Waals surface area contributed by atoms with Crippen molar-refractivity contribution in [3.05, 3.63) is 216 Å². The first kappa shape index (κ1) is 29.4. The molecular weight excluding hydrogens is 649 g/mol. The zero-order chi connectivity index (χ0) is 34.2. The van der Waals surface area contributed by atoms with E-state index in [9.17, 15) is 0 Å². The van der Waals surface area contributed by atoms with Gasteiger partial charge in [-0.05, 0) is 106 Å². The van der Waals surface area contributed by atoms with Gasteiger partial charge in [0.25, 0.3) is 0 Å². The Labute approximate surface area is 307 Å². The molecule has 244 valence electrons. The number of aromatic nitrogens is 1. The predicted molar refractivity (Wildman–Crippen MR) is 217 cm³/mol. The smallest absolute Gasteiger partial charge is 0.0736 e. The van der Waals surface area contributed by atoms with E-state index in [0.717, 1.165) is 22.7 Å². The van der Waals surface area contributed by atoms with Crippen molar-refractivity contribution in [2.75, 3.05) is 4.90 Å². The van der Waals surface area contributed by atoms with Crippen LogP contribution < -0.4 is 4.90 Å². The molecule has 8 aromatic carbocycles. The molecule has 3 heteroatoms. The Bertz CT molecular complexity index is 2730. The third-order valence-corrected chi connectivity index (χ3v) is 12.2. The number of hydrogen-bond acceptors (Lipinski definition) is 2. The van der Waals surface area contributed by atoms with Crippen LogP contribution in [0.1, 0.15) is 22.3 Å². The van der Waals surface area contributed by atoms with E-state index >= 15 is 0 Å². The van der Waals surface area contributed by atoms with Crippen LogP contribution in [0.15, 0.2) is 204 Å². The Balaban J connectivity index is 1.16. The molecular formula is C49H32N2S. The second-order valence-electron chi connectivity index (χ2n) is 13.7. The van der Waals surface area contributed by atoms with Crippen molar-refractivity contribution in [3.63, 3.8) is 0 Å². The van der Waals surface area contributed by atoms with Crippen LogP contribution in [0.25, 0.3) is 38.6 Å². The number of rotatable bonds is 4. The Kier molecular flexibility index (Phi) is 6.43. The fourth-order valence-electron chi connectivity index (χ4n) is 8.95. The summed E-state index contributed by atoms with van der Waals surface area (Å²) in [5.74, 6) is 0. The van der Waals surface area contributed by atoms with Gasteiger partial charge in [-0.15, -0.1) is 0 Å². The van der Waals surface area contributed by atoms with Crippen LogP contribution in [0.3, 0.4) is 0 Å². The summed E-state index contributed by atoms with van der Waals surface area (Å²) in [7, 11) is 0. The maximum absolute atomic E-state index is 2.51. The maximum atomic E-state index is 2.51. The minimum Gasteiger partial charge on any atom is -0.311 e. The largest absolute Gasteiger partial charge is 0.311 e. The third kappa shape index (κ3) is 4.08. The van der Waals surface area contributed by atoms with E-state index < -0.39 is 5.41 Å². The highest BCUT2D eigenvalue weighted by Crippen LogP contribution is 2.62. The maximum Gasteiger partial charge on any atom is 0.0736 e. The Morgan fingerprint density at radius 1 is 0.385 bits per heavy atom. The number of nitrogens with zero attached hydrogens (tertiary/aromatic N) is 2. The standard InChI is InChI=1S/C49H32N2S/c1-3-15-33(16-4-1)50(34-17-5-2-6-18-34)35-27-29-36(30-28-35)51-45-25-13-9-21-39(45)40-31-48-44(32-46(40)51)49(43-24-12-14-26-47(43)52-48)41-22-10-7-19-37(41)38-20-8-11-23-42(38)49/h1-32H. The van der Waals surface area contributed by atoms with E-state index in [1.165, 1.54) is 65.0 Å². The first-order valence-electron chi connectivity index (χ1n) is 17.9. The highest BCUT2D eigenvalue weighted by molar-refractivity contribution is 7.99. The lowest BCUT2D eigenvalue weighted by molar-refractivity contribution is 0.724. The molecule has 1 spiro atoms. The van der Waals surface area contributed by atoms with Crippen molar-refractivity contribution in [2.24, 2.45) is 0 Å². The summed E-state index contributed by atoms with van der Waals surface area (Å²) in [6.07, 6.45) is 0. The molecule has 0 unspecified atom stereocenters. The van der Waals surface area contributed by atoms with E-state index in [-0.39, 0.29) is 0 Å². The summed E-state index contributed by atoms with van der Waals surface area (Å²) < 4.78 is 2.47. The second kappa shape index (κ2) is 11.4. The van der Waals surface area contributed by atoms with Crippen molar-refractivity contribution in [3.8, 4) is 16.8 Å². The van der Waals surface area contributed by atoms with Crippen LogP contribution in [0.4, 0.5) is 17.1 Å². The van der Waals surface area contributed by atoms with Gasteiger partial charge in [-0.1, -0.05) is 133 Å².